The number of thioether (sulfide) groups is 1. The normalized spacial score (nSPS) is 18.9. The summed E-state index contributed by atoms with van der Waals surface area (Å²) in [5.41, 5.74) is 6.30. The second-order valence-corrected chi connectivity index (χ2v) is 5.44. The lowest BCUT2D eigenvalue weighted by molar-refractivity contribution is 0.160. The Morgan fingerprint density at radius 2 is 2.06 bits per heavy atom. The molecule has 0 bridgehead atoms. The molecule has 1 heterocycles. The summed E-state index contributed by atoms with van der Waals surface area (Å²) in [5.74, 6) is 3.10. The Morgan fingerprint density at radius 3 is 2.76 bits per heavy atom. The van der Waals surface area contributed by atoms with Crippen LogP contribution in [0.2, 0.25) is 0 Å². The minimum absolute atomic E-state index is 0.223. The van der Waals surface area contributed by atoms with Crippen molar-refractivity contribution >= 4 is 11.8 Å². The van der Waals surface area contributed by atoms with Gasteiger partial charge < -0.3 is 15.6 Å². The van der Waals surface area contributed by atoms with E-state index in [0.29, 0.717) is 0 Å². The van der Waals surface area contributed by atoms with Crippen molar-refractivity contribution in [3.8, 4) is 5.75 Å². The van der Waals surface area contributed by atoms with Crippen LogP contribution in [0.3, 0.4) is 0 Å². The predicted octanol–water partition coefficient (Wildman–Crippen LogP) is 1.95. The van der Waals surface area contributed by atoms with Crippen LogP contribution in [0, 0.1) is 0 Å². The van der Waals surface area contributed by atoms with Crippen LogP contribution in [-0.4, -0.2) is 29.3 Å². The predicted molar refractivity (Wildman–Crippen MR) is 71.4 cm³/mol. The van der Waals surface area contributed by atoms with E-state index in [-0.39, 0.29) is 12.6 Å². The van der Waals surface area contributed by atoms with Gasteiger partial charge in [-0.05, 0) is 30.4 Å². The number of benzene rings is 1. The summed E-state index contributed by atoms with van der Waals surface area (Å²) in [7, 11) is 0. The number of hydrogen-bond acceptors (Lipinski definition) is 4. The van der Waals surface area contributed by atoms with Crippen molar-refractivity contribution in [1.82, 2.24) is 0 Å². The van der Waals surface area contributed by atoms with Gasteiger partial charge in [-0.15, -0.1) is 0 Å². The molecule has 4 heteroatoms. The van der Waals surface area contributed by atoms with Crippen molar-refractivity contribution in [3.63, 3.8) is 0 Å². The highest BCUT2D eigenvalue weighted by atomic mass is 32.2. The van der Waals surface area contributed by atoms with E-state index in [1.807, 2.05) is 36.0 Å². The molecule has 0 radical (unpaired) electrons. The highest BCUT2D eigenvalue weighted by Crippen LogP contribution is 2.28. The third kappa shape index (κ3) is 3.37. The third-order valence-corrected chi connectivity index (χ3v) is 4.01. The van der Waals surface area contributed by atoms with Gasteiger partial charge in [-0.3, -0.25) is 0 Å². The van der Waals surface area contributed by atoms with Crippen LogP contribution >= 0.6 is 11.8 Å². The van der Waals surface area contributed by atoms with E-state index in [1.165, 1.54) is 0 Å². The Labute approximate surface area is 106 Å². The van der Waals surface area contributed by atoms with Gasteiger partial charge in [-0.25, -0.2) is 0 Å². The summed E-state index contributed by atoms with van der Waals surface area (Å²) in [4.78, 5) is 0. The summed E-state index contributed by atoms with van der Waals surface area (Å²) >= 11 is 1.97. The minimum atomic E-state index is -0.635. The number of ether oxygens (including phenoxy) is 1. The molecule has 1 aliphatic rings. The molecule has 1 saturated heterocycles. The minimum Gasteiger partial charge on any atom is -0.490 e. The molecule has 3 nitrogen and oxygen atoms in total. The van der Waals surface area contributed by atoms with Crippen molar-refractivity contribution < 1.29 is 9.84 Å². The number of aliphatic hydroxyl groups is 1. The maximum atomic E-state index is 9.83. The van der Waals surface area contributed by atoms with Gasteiger partial charge in [0.1, 0.15) is 11.9 Å². The first-order valence-corrected chi connectivity index (χ1v) is 7.18. The van der Waals surface area contributed by atoms with Crippen LogP contribution in [0.1, 0.15) is 24.5 Å². The topological polar surface area (TPSA) is 55.5 Å². The number of aliphatic hydroxyl groups excluding tert-OH is 1. The van der Waals surface area contributed by atoms with E-state index in [0.717, 1.165) is 35.7 Å². The first kappa shape index (κ1) is 12.7. The van der Waals surface area contributed by atoms with Crippen molar-refractivity contribution in [3.05, 3.63) is 29.8 Å². The lowest BCUT2D eigenvalue weighted by atomic mass is 10.1. The lowest BCUT2D eigenvalue weighted by Crippen LogP contribution is -2.23. The Balaban J connectivity index is 2.08. The molecule has 1 aliphatic heterocycles. The zero-order valence-electron chi connectivity index (χ0n) is 9.84. The van der Waals surface area contributed by atoms with Crippen LogP contribution in [0.5, 0.6) is 5.75 Å². The van der Waals surface area contributed by atoms with Crippen LogP contribution in [-0.2, 0) is 0 Å². The maximum absolute atomic E-state index is 9.83. The molecule has 1 unspecified atom stereocenters. The highest BCUT2D eigenvalue weighted by Gasteiger charge is 2.18. The number of nitrogens with two attached hydrogens (primary N) is 1. The van der Waals surface area contributed by atoms with Crippen molar-refractivity contribution in [2.45, 2.75) is 25.0 Å². The molecule has 1 aromatic carbocycles. The summed E-state index contributed by atoms with van der Waals surface area (Å²) in [6, 6.07) is 7.62. The van der Waals surface area contributed by atoms with Gasteiger partial charge in [0.05, 0.1) is 6.10 Å². The van der Waals surface area contributed by atoms with Gasteiger partial charge in [0, 0.05) is 12.1 Å². The number of rotatable bonds is 4. The summed E-state index contributed by atoms with van der Waals surface area (Å²) in [6.45, 7) is 0.223. The largest absolute Gasteiger partial charge is 0.490 e. The van der Waals surface area contributed by atoms with E-state index in [4.69, 9.17) is 10.5 Å². The molecule has 0 amide bonds. The van der Waals surface area contributed by atoms with E-state index in [9.17, 15) is 5.11 Å². The number of para-hydroxylation sites is 1. The summed E-state index contributed by atoms with van der Waals surface area (Å²) in [5, 5.41) is 9.83. The Morgan fingerprint density at radius 1 is 1.35 bits per heavy atom. The van der Waals surface area contributed by atoms with Crippen molar-refractivity contribution in [2.75, 3.05) is 18.1 Å². The molecule has 1 aromatic rings. The summed E-state index contributed by atoms with van der Waals surface area (Å²) in [6.07, 6.45) is 1.81. The molecule has 0 aromatic heterocycles. The monoisotopic (exact) mass is 253 g/mol. The average Bonchev–Trinajstić information content (AvgIpc) is 2.40. The van der Waals surface area contributed by atoms with E-state index >= 15 is 0 Å². The van der Waals surface area contributed by atoms with Crippen LogP contribution < -0.4 is 10.5 Å². The second kappa shape index (κ2) is 6.28. The zero-order chi connectivity index (χ0) is 12.1. The Hall–Kier alpha value is -0.710. The van der Waals surface area contributed by atoms with Gasteiger partial charge in [0.2, 0.25) is 0 Å². The molecule has 1 fully saturated rings. The van der Waals surface area contributed by atoms with Crippen LogP contribution in [0.15, 0.2) is 24.3 Å². The molecule has 17 heavy (non-hydrogen) atoms. The standard InChI is InChI=1S/C13H19NO2S/c14-9-12(15)11-3-1-2-4-13(11)16-10-5-7-17-8-6-10/h1-4,10,12,15H,5-9,14H2. The molecule has 1 atom stereocenters. The molecule has 0 spiro atoms. The van der Waals surface area contributed by atoms with E-state index < -0.39 is 6.10 Å². The fourth-order valence-corrected chi connectivity index (χ4v) is 3.03. The van der Waals surface area contributed by atoms with E-state index in [1.54, 1.807) is 0 Å². The van der Waals surface area contributed by atoms with Gasteiger partial charge >= 0.3 is 0 Å². The zero-order valence-corrected chi connectivity index (χ0v) is 10.7. The highest BCUT2D eigenvalue weighted by molar-refractivity contribution is 7.99. The van der Waals surface area contributed by atoms with Crippen molar-refractivity contribution in [1.29, 1.82) is 0 Å². The van der Waals surface area contributed by atoms with Crippen LogP contribution in [0.25, 0.3) is 0 Å². The third-order valence-electron chi connectivity index (χ3n) is 2.96. The number of hydrogen-bond donors (Lipinski definition) is 2. The first-order chi connectivity index (χ1) is 8.31. The van der Waals surface area contributed by atoms with Gasteiger partial charge in [0.25, 0.3) is 0 Å². The average molecular weight is 253 g/mol. The van der Waals surface area contributed by atoms with Gasteiger partial charge in [-0.1, -0.05) is 18.2 Å². The van der Waals surface area contributed by atoms with Crippen LogP contribution in [0.4, 0.5) is 0 Å². The molecule has 0 aliphatic carbocycles. The molecule has 2 rings (SSSR count). The van der Waals surface area contributed by atoms with Gasteiger partial charge in [0.15, 0.2) is 0 Å². The molecule has 3 N–H and O–H groups in total. The molecular formula is C13H19NO2S. The fourth-order valence-electron chi connectivity index (χ4n) is 1.96. The Bertz CT molecular complexity index is 353. The quantitative estimate of drug-likeness (QED) is 0.861. The molecular weight excluding hydrogens is 234 g/mol. The fraction of sp³-hybridized carbons (Fsp3) is 0.538. The van der Waals surface area contributed by atoms with Gasteiger partial charge in [-0.2, -0.15) is 11.8 Å². The maximum Gasteiger partial charge on any atom is 0.125 e. The first-order valence-electron chi connectivity index (χ1n) is 6.02. The molecule has 0 saturated carbocycles. The van der Waals surface area contributed by atoms with Crippen molar-refractivity contribution in [2.24, 2.45) is 5.73 Å². The second-order valence-electron chi connectivity index (χ2n) is 4.22. The lowest BCUT2D eigenvalue weighted by Gasteiger charge is -2.24. The SMILES string of the molecule is NCC(O)c1ccccc1OC1CCSCC1. The molecule has 94 valence electrons. The van der Waals surface area contributed by atoms with E-state index in [2.05, 4.69) is 0 Å². The smallest absolute Gasteiger partial charge is 0.125 e. The summed E-state index contributed by atoms with van der Waals surface area (Å²) < 4.78 is 5.98. The Kier molecular flexibility index (Phi) is 4.71.